The number of methoxy groups -OCH3 is 1. The molecule has 2 heteroatoms. The van der Waals surface area contributed by atoms with Crippen LogP contribution in [0.1, 0.15) is 75.1 Å². The van der Waals surface area contributed by atoms with E-state index in [9.17, 15) is 0 Å². The zero-order valence-electron chi connectivity index (χ0n) is 14.6. The molecule has 1 aromatic carbocycles. The lowest BCUT2D eigenvalue weighted by Gasteiger charge is -2.24. The highest BCUT2D eigenvalue weighted by Crippen LogP contribution is 2.33. The minimum atomic E-state index is 0.414. The second-order valence-electron chi connectivity index (χ2n) is 6.05. The van der Waals surface area contributed by atoms with Gasteiger partial charge in [0.1, 0.15) is 5.75 Å². The van der Waals surface area contributed by atoms with Crippen LogP contribution in [0.25, 0.3) is 0 Å². The molecule has 0 fully saturated rings. The fourth-order valence-electron chi connectivity index (χ4n) is 3.00. The van der Waals surface area contributed by atoms with Crippen molar-refractivity contribution in [2.45, 2.75) is 72.3 Å². The number of hydrogen-bond donors (Lipinski definition) is 1. The summed E-state index contributed by atoms with van der Waals surface area (Å²) in [4.78, 5) is 0. The molecule has 120 valence electrons. The van der Waals surface area contributed by atoms with Gasteiger partial charge in [-0.1, -0.05) is 45.6 Å². The maximum Gasteiger partial charge on any atom is 0.124 e. The quantitative estimate of drug-likeness (QED) is 0.589. The summed E-state index contributed by atoms with van der Waals surface area (Å²) in [5, 5.41) is 3.72. The monoisotopic (exact) mass is 291 g/mol. The molecule has 1 rings (SSSR count). The van der Waals surface area contributed by atoms with Gasteiger partial charge in [0.25, 0.3) is 0 Å². The normalized spacial score (nSPS) is 12.4. The number of nitrogens with one attached hydrogen (secondary N) is 1. The minimum Gasteiger partial charge on any atom is -0.496 e. The Labute approximate surface area is 131 Å². The van der Waals surface area contributed by atoms with Crippen molar-refractivity contribution in [1.29, 1.82) is 0 Å². The smallest absolute Gasteiger partial charge is 0.124 e. The first-order valence-corrected chi connectivity index (χ1v) is 8.52. The number of rotatable bonds is 10. The van der Waals surface area contributed by atoms with Crippen LogP contribution in [-0.4, -0.2) is 13.7 Å². The molecule has 1 N–H and O–H groups in total. The Bertz CT molecular complexity index is 414. The molecule has 0 aromatic heterocycles. The van der Waals surface area contributed by atoms with Crippen LogP contribution in [0.15, 0.2) is 12.1 Å². The van der Waals surface area contributed by atoms with Gasteiger partial charge in [-0.05, 0) is 50.4 Å². The lowest BCUT2D eigenvalue weighted by molar-refractivity contribution is 0.390. The Balaban J connectivity index is 2.90. The first-order chi connectivity index (χ1) is 10.1. The Morgan fingerprint density at radius 2 is 1.81 bits per heavy atom. The average Bonchev–Trinajstić information content (AvgIpc) is 2.46. The van der Waals surface area contributed by atoms with Crippen molar-refractivity contribution in [3.05, 3.63) is 28.8 Å². The van der Waals surface area contributed by atoms with E-state index in [-0.39, 0.29) is 0 Å². The van der Waals surface area contributed by atoms with E-state index in [1.807, 2.05) is 0 Å². The third-order valence-electron chi connectivity index (χ3n) is 4.05. The highest BCUT2D eigenvalue weighted by molar-refractivity contribution is 5.45. The average molecular weight is 291 g/mol. The predicted octanol–water partition coefficient (Wildman–Crippen LogP) is 5.32. The number of hydrogen-bond acceptors (Lipinski definition) is 2. The zero-order valence-corrected chi connectivity index (χ0v) is 14.6. The van der Waals surface area contributed by atoms with E-state index < -0.39 is 0 Å². The van der Waals surface area contributed by atoms with Gasteiger partial charge in [-0.2, -0.15) is 0 Å². The van der Waals surface area contributed by atoms with Crippen LogP contribution in [0.4, 0.5) is 0 Å². The van der Waals surface area contributed by atoms with Crippen LogP contribution in [0.2, 0.25) is 0 Å². The molecule has 0 spiro atoms. The largest absolute Gasteiger partial charge is 0.496 e. The van der Waals surface area contributed by atoms with Gasteiger partial charge >= 0.3 is 0 Å². The molecule has 0 amide bonds. The van der Waals surface area contributed by atoms with E-state index >= 15 is 0 Å². The third-order valence-corrected chi connectivity index (χ3v) is 4.05. The molecular formula is C19H33NO. The maximum atomic E-state index is 5.66. The second kappa shape index (κ2) is 9.83. The highest BCUT2D eigenvalue weighted by atomic mass is 16.5. The molecule has 0 aliphatic heterocycles. The van der Waals surface area contributed by atoms with E-state index in [4.69, 9.17) is 4.74 Å². The molecular weight excluding hydrogens is 258 g/mol. The standard InChI is InChI=1S/C19H33NO/c1-6-8-9-10-11-17(20-12-7-2)19-16(4)13-15(3)14-18(19)21-5/h13-14,17,20H,6-12H2,1-5H3. The van der Waals surface area contributed by atoms with Gasteiger partial charge in [-0.15, -0.1) is 0 Å². The molecule has 0 bridgehead atoms. The van der Waals surface area contributed by atoms with Gasteiger partial charge in [0.15, 0.2) is 0 Å². The lowest BCUT2D eigenvalue weighted by atomic mass is 9.93. The van der Waals surface area contributed by atoms with E-state index in [0.29, 0.717) is 6.04 Å². The van der Waals surface area contributed by atoms with E-state index in [0.717, 1.165) is 12.3 Å². The van der Waals surface area contributed by atoms with Gasteiger partial charge in [-0.3, -0.25) is 0 Å². The Kier molecular flexibility index (Phi) is 8.44. The molecule has 2 nitrogen and oxygen atoms in total. The molecule has 0 heterocycles. The summed E-state index contributed by atoms with van der Waals surface area (Å²) in [5.41, 5.74) is 3.97. The first kappa shape index (κ1) is 18.0. The number of benzene rings is 1. The summed E-state index contributed by atoms with van der Waals surface area (Å²) in [6.07, 6.45) is 7.60. The zero-order chi connectivity index (χ0) is 15.7. The van der Waals surface area contributed by atoms with Crippen LogP contribution in [0.3, 0.4) is 0 Å². The lowest BCUT2D eigenvalue weighted by Crippen LogP contribution is -2.23. The van der Waals surface area contributed by atoms with Gasteiger partial charge in [0.2, 0.25) is 0 Å². The Hall–Kier alpha value is -1.02. The van der Waals surface area contributed by atoms with Crippen LogP contribution in [0.5, 0.6) is 5.75 Å². The summed E-state index contributed by atoms with van der Waals surface area (Å²) >= 11 is 0. The number of aryl methyl sites for hydroxylation is 2. The van der Waals surface area contributed by atoms with Crippen molar-refractivity contribution < 1.29 is 4.74 Å². The first-order valence-electron chi connectivity index (χ1n) is 8.52. The van der Waals surface area contributed by atoms with Crippen molar-refractivity contribution in [3.63, 3.8) is 0 Å². The van der Waals surface area contributed by atoms with Crippen molar-refractivity contribution in [3.8, 4) is 5.75 Å². The molecule has 0 aliphatic carbocycles. The van der Waals surface area contributed by atoms with Crippen molar-refractivity contribution in [1.82, 2.24) is 5.32 Å². The topological polar surface area (TPSA) is 21.3 Å². The van der Waals surface area contributed by atoms with E-state index in [1.165, 1.54) is 55.2 Å². The molecule has 0 radical (unpaired) electrons. The maximum absolute atomic E-state index is 5.66. The predicted molar refractivity (Wildman–Crippen MR) is 92.3 cm³/mol. The van der Waals surface area contributed by atoms with Crippen molar-refractivity contribution in [2.24, 2.45) is 0 Å². The van der Waals surface area contributed by atoms with Crippen LogP contribution in [-0.2, 0) is 0 Å². The summed E-state index contributed by atoms with van der Waals surface area (Å²) < 4.78 is 5.66. The summed E-state index contributed by atoms with van der Waals surface area (Å²) in [7, 11) is 1.78. The molecule has 0 saturated heterocycles. The van der Waals surface area contributed by atoms with Crippen LogP contribution >= 0.6 is 0 Å². The molecule has 0 aliphatic rings. The summed E-state index contributed by atoms with van der Waals surface area (Å²) in [6, 6.07) is 4.84. The van der Waals surface area contributed by atoms with Crippen molar-refractivity contribution >= 4 is 0 Å². The molecule has 21 heavy (non-hydrogen) atoms. The van der Waals surface area contributed by atoms with Crippen LogP contribution in [0, 0.1) is 13.8 Å². The van der Waals surface area contributed by atoms with Gasteiger partial charge in [0.05, 0.1) is 7.11 Å². The van der Waals surface area contributed by atoms with E-state index in [2.05, 4.69) is 45.1 Å². The van der Waals surface area contributed by atoms with Gasteiger partial charge < -0.3 is 10.1 Å². The highest BCUT2D eigenvalue weighted by Gasteiger charge is 2.18. The Morgan fingerprint density at radius 3 is 2.43 bits per heavy atom. The van der Waals surface area contributed by atoms with E-state index in [1.54, 1.807) is 7.11 Å². The second-order valence-corrected chi connectivity index (χ2v) is 6.05. The Morgan fingerprint density at radius 1 is 1.05 bits per heavy atom. The molecule has 0 saturated carbocycles. The van der Waals surface area contributed by atoms with Crippen molar-refractivity contribution in [2.75, 3.05) is 13.7 Å². The summed E-state index contributed by atoms with van der Waals surface area (Å²) in [5.74, 6) is 1.04. The SMILES string of the molecule is CCCCCCC(NCCC)c1c(C)cc(C)cc1OC. The fraction of sp³-hybridized carbons (Fsp3) is 0.684. The number of unbranched alkanes of at least 4 members (excludes halogenated alkanes) is 3. The fourth-order valence-corrected chi connectivity index (χ4v) is 3.00. The van der Waals surface area contributed by atoms with Gasteiger partial charge in [-0.25, -0.2) is 0 Å². The number of ether oxygens (including phenoxy) is 1. The van der Waals surface area contributed by atoms with Crippen LogP contribution < -0.4 is 10.1 Å². The molecule has 1 atom stereocenters. The molecule has 1 aromatic rings. The molecule has 1 unspecified atom stereocenters. The third kappa shape index (κ3) is 5.70. The minimum absolute atomic E-state index is 0.414. The summed E-state index contributed by atoms with van der Waals surface area (Å²) in [6.45, 7) is 9.89. The van der Waals surface area contributed by atoms with Gasteiger partial charge in [0, 0.05) is 11.6 Å².